The van der Waals surface area contributed by atoms with Gasteiger partial charge in [0.25, 0.3) is 0 Å². The SMILES string of the molecule is CC1CC(N)CCN1C(=O)C(C(F)(F)F)C(F)(F)F. The maximum absolute atomic E-state index is 12.4. The van der Waals surface area contributed by atoms with Crippen molar-refractivity contribution in [1.29, 1.82) is 0 Å². The van der Waals surface area contributed by atoms with Gasteiger partial charge in [0.1, 0.15) is 0 Å². The van der Waals surface area contributed by atoms with Crippen LogP contribution >= 0.6 is 0 Å². The van der Waals surface area contributed by atoms with E-state index in [0.29, 0.717) is 4.90 Å². The molecule has 0 radical (unpaired) electrons. The van der Waals surface area contributed by atoms with Gasteiger partial charge < -0.3 is 10.6 Å². The maximum Gasteiger partial charge on any atom is 0.409 e. The van der Waals surface area contributed by atoms with Crippen molar-refractivity contribution in [2.45, 2.75) is 44.2 Å². The Kier molecular flexibility index (Phi) is 4.38. The molecule has 0 aromatic rings. The highest BCUT2D eigenvalue weighted by Crippen LogP contribution is 2.41. The van der Waals surface area contributed by atoms with Gasteiger partial charge in [-0.3, -0.25) is 4.79 Å². The van der Waals surface area contributed by atoms with E-state index in [1.54, 1.807) is 0 Å². The molecule has 1 aliphatic heterocycles. The predicted octanol–water partition coefficient (Wildman–Crippen LogP) is 2.07. The quantitative estimate of drug-likeness (QED) is 0.752. The Bertz CT molecular complexity index is 326. The van der Waals surface area contributed by atoms with E-state index in [0.717, 1.165) is 0 Å². The summed E-state index contributed by atoms with van der Waals surface area (Å²) in [6.07, 6.45) is -10.9. The van der Waals surface area contributed by atoms with Crippen molar-refractivity contribution in [3.63, 3.8) is 0 Å². The molecule has 0 spiro atoms. The van der Waals surface area contributed by atoms with Crippen molar-refractivity contribution in [2.24, 2.45) is 11.7 Å². The molecule has 0 saturated carbocycles. The summed E-state index contributed by atoms with van der Waals surface area (Å²) >= 11 is 0. The van der Waals surface area contributed by atoms with Gasteiger partial charge >= 0.3 is 12.4 Å². The lowest BCUT2D eigenvalue weighted by Crippen LogP contribution is -2.55. The topological polar surface area (TPSA) is 46.3 Å². The maximum atomic E-state index is 12.4. The summed E-state index contributed by atoms with van der Waals surface area (Å²) in [6.45, 7) is 1.20. The first-order chi connectivity index (χ1) is 8.44. The molecule has 2 N–H and O–H groups in total. The Hall–Kier alpha value is -0.990. The van der Waals surface area contributed by atoms with Crippen LogP contribution in [0.5, 0.6) is 0 Å². The third kappa shape index (κ3) is 3.74. The van der Waals surface area contributed by atoms with Crippen LogP contribution in [0.25, 0.3) is 0 Å². The summed E-state index contributed by atoms with van der Waals surface area (Å²) in [5.41, 5.74) is 5.55. The molecule has 1 aliphatic rings. The van der Waals surface area contributed by atoms with Crippen LogP contribution in [0.15, 0.2) is 0 Å². The summed E-state index contributed by atoms with van der Waals surface area (Å²) in [5, 5.41) is 0. The standard InChI is InChI=1S/C10H14F6N2O/c1-5-4-6(17)2-3-18(5)8(19)7(9(11,12)13)10(14,15)16/h5-7H,2-4,17H2,1H3. The zero-order valence-corrected chi connectivity index (χ0v) is 10.1. The van der Waals surface area contributed by atoms with Crippen LogP contribution in [0.3, 0.4) is 0 Å². The molecule has 3 nitrogen and oxygen atoms in total. The van der Waals surface area contributed by atoms with Crippen LogP contribution in [-0.2, 0) is 4.79 Å². The number of hydrogen-bond donors (Lipinski definition) is 1. The Morgan fingerprint density at radius 1 is 1.21 bits per heavy atom. The second-order valence-electron chi connectivity index (χ2n) is 4.68. The molecule has 1 heterocycles. The lowest BCUT2D eigenvalue weighted by molar-refractivity contribution is -0.278. The molecular weight excluding hydrogens is 278 g/mol. The number of carbonyl (C=O) groups is 1. The Balaban J connectivity index is 2.95. The summed E-state index contributed by atoms with van der Waals surface area (Å²) in [5.74, 6) is -5.91. The van der Waals surface area contributed by atoms with Crippen LogP contribution in [0.4, 0.5) is 26.3 Å². The first-order valence-electron chi connectivity index (χ1n) is 5.64. The highest BCUT2D eigenvalue weighted by Gasteiger charge is 2.62. The van der Waals surface area contributed by atoms with Crippen molar-refractivity contribution < 1.29 is 31.1 Å². The Morgan fingerprint density at radius 2 is 1.68 bits per heavy atom. The third-order valence-electron chi connectivity index (χ3n) is 3.10. The van der Waals surface area contributed by atoms with Crippen LogP contribution in [-0.4, -0.2) is 41.8 Å². The van der Waals surface area contributed by atoms with E-state index in [9.17, 15) is 31.1 Å². The van der Waals surface area contributed by atoms with Gasteiger partial charge in [0.05, 0.1) is 0 Å². The zero-order chi connectivity index (χ0) is 15.0. The van der Waals surface area contributed by atoms with E-state index in [1.807, 2.05) is 0 Å². The average Bonchev–Trinajstić information content (AvgIpc) is 2.11. The molecule has 112 valence electrons. The summed E-state index contributed by atoms with van der Waals surface area (Å²) < 4.78 is 74.6. The van der Waals surface area contributed by atoms with Gasteiger partial charge in [0.15, 0.2) is 0 Å². The lowest BCUT2D eigenvalue weighted by atomic mass is 9.96. The number of carbonyl (C=O) groups excluding carboxylic acids is 1. The zero-order valence-electron chi connectivity index (χ0n) is 10.1. The van der Waals surface area contributed by atoms with E-state index in [-0.39, 0.29) is 25.4 Å². The van der Waals surface area contributed by atoms with Crippen LogP contribution in [0.1, 0.15) is 19.8 Å². The molecule has 19 heavy (non-hydrogen) atoms. The molecule has 1 fully saturated rings. The van der Waals surface area contributed by atoms with Gasteiger partial charge in [0, 0.05) is 18.6 Å². The Morgan fingerprint density at radius 3 is 2.05 bits per heavy atom. The normalized spacial score (nSPS) is 25.8. The first-order valence-corrected chi connectivity index (χ1v) is 5.64. The highest BCUT2D eigenvalue weighted by molar-refractivity contribution is 5.80. The van der Waals surface area contributed by atoms with Gasteiger partial charge in [0.2, 0.25) is 11.8 Å². The molecular formula is C10H14F6N2O. The number of amides is 1. The second-order valence-corrected chi connectivity index (χ2v) is 4.68. The average molecular weight is 292 g/mol. The summed E-state index contributed by atoms with van der Waals surface area (Å²) in [6, 6.07) is -1.04. The minimum atomic E-state index is -5.64. The highest BCUT2D eigenvalue weighted by atomic mass is 19.4. The third-order valence-corrected chi connectivity index (χ3v) is 3.10. The van der Waals surface area contributed by atoms with Gasteiger partial charge in [-0.05, 0) is 19.8 Å². The fourth-order valence-electron chi connectivity index (χ4n) is 2.17. The summed E-state index contributed by atoms with van der Waals surface area (Å²) in [4.78, 5) is 12.2. The molecule has 9 heteroatoms. The van der Waals surface area contributed by atoms with Gasteiger partial charge in [-0.1, -0.05) is 0 Å². The Labute approximate surface area is 105 Å². The molecule has 2 atom stereocenters. The number of rotatable bonds is 1. The lowest BCUT2D eigenvalue weighted by Gasteiger charge is -2.38. The smallest absolute Gasteiger partial charge is 0.339 e. The van der Waals surface area contributed by atoms with Crippen molar-refractivity contribution in [3.8, 4) is 0 Å². The van der Waals surface area contributed by atoms with Crippen molar-refractivity contribution in [3.05, 3.63) is 0 Å². The fraction of sp³-hybridized carbons (Fsp3) is 0.900. The molecule has 0 aromatic heterocycles. The van der Waals surface area contributed by atoms with E-state index in [4.69, 9.17) is 5.73 Å². The molecule has 1 amide bonds. The first kappa shape index (κ1) is 16.1. The number of alkyl halides is 6. The largest absolute Gasteiger partial charge is 0.409 e. The van der Waals surface area contributed by atoms with Crippen molar-refractivity contribution in [1.82, 2.24) is 4.90 Å². The number of piperidine rings is 1. The van der Waals surface area contributed by atoms with E-state index < -0.39 is 30.2 Å². The van der Waals surface area contributed by atoms with Crippen LogP contribution in [0.2, 0.25) is 0 Å². The monoisotopic (exact) mass is 292 g/mol. The molecule has 1 saturated heterocycles. The molecule has 0 aromatic carbocycles. The number of nitrogens with two attached hydrogens (primary N) is 1. The number of halogens is 6. The van der Waals surface area contributed by atoms with Gasteiger partial charge in [-0.25, -0.2) is 0 Å². The fourth-order valence-corrected chi connectivity index (χ4v) is 2.17. The number of hydrogen-bond acceptors (Lipinski definition) is 2. The van der Waals surface area contributed by atoms with Crippen molar-refractivity contribution >= 4 is 5.91 Å². The van der Waals surface area contributed by atoms with Crippen LogP contribution < -0.4 is 5.73 Å². The molecule has 2 unspecified atom stereocenters. The van der Waals surface area contributed by atoms with Gasteiger partial charge in [-0.2, -0.15) is 26.3 Å². The van der Waals surface area contributed by atoms with Gasteiger partial charge in [-0.15, -0.1) is 0 Å². The molecule has 0 bridgehead atoms. The number of likely N-dealkylation sites (tertiary alicyclic amines) is 1. The molecule has 0 aliphatic carbocycles. The predicted molar refractivity (Wildman–Crippen MR) is 54.0 cm³/mol. The number of nitrogens with zero attached hydrogens (tertiary/aromatic N) is 1. The van der Waals surface area contributed by atoms with Crippen LogP contribution in [0, 0.1) is 5.92 Å². The van der Waals surface area contributed by atoms with E-state index >= 15 is 0 Å². The molecule has 1 rings (SSSR count). The minimum Gasteiger partial charge on any atom is -0.339 e. The minimum absolute atomic E-state index is 0.189. The van der Waals surface area contributed by atoms with Crippen molar-refractivity contribution in [2.75, 3.05) is 6.54 Å². The summed E-state index contributed by atoms with van der Waals surface area (Å²) in [7, 11) is 0. The second kappa shape index (κ2) is 5.18. The van der Waals surface area contributed by atoms with E-state index in [1.165, 1.54) is 6.92 Å². The van der Waals surface area contributed by atoms with E-state index in [2.05, 4.69) is 0 Å².